The molecule has 2 aromatic carbocycles. The lowest BCUT2D eigenvalue weighted by Gasteiger charge is -2.15. The van der Waals surface area contributed by atoms with Gasteiger partial charge in [-0.3, -0.25) is 0 Å². The summed E-state index contributed by atoms with van der Waals surface area (Å²) in [6.45, 7) is 8.29. The third-order valence-electron chi connectivity index (χ3n) is 3.38. The number of benzene rings is 2. The van der Waals surface area contributed by atoms with Gasteiger partial charge in [0.25, 0.3) is 0 Å². The van der Waals surface area contributed by atoms with Gasteiger partial charge in [-0.2, -0.15) is 0 Å². The highest BCUT2D eigenvalue weighted by Gasteiger charge is 2.17. The normalized spacial score (nSPS) is 10.2. The molecule has 0 aliphatic rings. The second-order valence-corrected chi connectivity index (χ2v) is 5.79. The van der Waals surface area contributed by atoms with Crippen LogP contribution in [0.15, 0.2) is 49.1 Å². The highest BCUT2D eigenvalue weighted by atomic mass is 35.5. The predicted octanol–water partition coefficient (Wildman–Crippen LogP) is 4.97. The van der Waals surface area contributed by atoms with E-state index in [1.54, 1.807) is 6.07 Å². The maximum Gasteiger partial charge on any atom is 0.338 e. The van der Waals surface area contributed by atoms with E-state index in [1.165, 1.54) is 17.7 Å². The summed E-state index contributed by atoms with van der Waals surface area (Å²) >= 11 is 6.31. The van der Waals surface area contributed by atoms with Crippen LogP contribution in [-0.4, -0.2) is 19.2 Å². The first-order valence-electron chi connectivity index (χ1n) is 7.97. The van der Waals surface area contributed by atoms with E-state index in [1.807, 2.05) is 38.1 Å². The Balaban J connectivity index is 2.22. The number of rotatable bonds is 8. The van der Waals surface area contributed by atoms with Crippen LogP contribution in [0.2, 0.25) is 5.02 Å². The Bertz CT molecular complexity index is 738. The van der Waals surface area contributed by atoms with Gasteiger partial charge in [-0.15, -0.1) is 0 Å². The molecule has 0 bridgehead atoms. The summed E-state index contributed by atoms with van der Waals surface area (Å²) in [5, 5.41) is 0.295. The van der Waals surface area contributed by atoms with Crippen LogP contribution in [0, 0.1) is 6.92 Å². The summed E-state index contributed by atoms with van der Waals surface area (Å²) in [5.41, 5.74) is 2.50. The van der Waals surface area contributed by atoms with E-state index in [9.17, 15) is 4.79 Å². The molecular formula is C20H21ClO4. The van der Waals surface area contributed by atoms with Crippen molar-refractivity contribution >= 4 is 17.6 Å². The standard InChI is InChI=1S/C20H21ClO4/c1-4-10-24-20(22)16-11-17(21)19(18(12-16)23-5-2)25-13-15-8-6-14(3)7-9-15/h4,6-9,11-12H,1,5,10,13H2,2-3H3. The van der Waals surface area contributed by atoms with E-state index in [4.69, 9.17) is 25.8 Å². The van der Waals surface area contributed by atoms with Crippen LogP contribution in [0.4, 0.5) is 0 Å². The van der Waals surface area contributed by atoms with E-state index >= 15 is 0 Å². The van der Waals surface area contributed by atoms with Crippen LogP contribution < -0.4 is 9.47 Å². The van der Waals surface area contributed by atoms with Gasteiger partial charge < -0.3 is 14.2 Å². The Labute approximate surface area is 153 Å². The Morgan fingerprint density at radius 2 is 1.92 bits per heavy atom. The molecule has 25 heavy (non-hydrogen) atoms. The Hall–Kier alpha value is -2.46. The Kier molecular flexibility index (Phi) is 6.90. The van der Waals surface area contributed by atoms with E-state index < -0.39 is 5.97 Å². The summed E-state index contributed by atoms with van der Waals surface area (Å²) in [4.78, 5) is 12.0. The molecule has 0 radical (unpaired) electrons. The van der Waals surface area contributed by atoms with Gasteiger partial charge in [-0.1, -0.05) is 54.1 Å². The molecule has 0 N–H and O–H groups in total. The van der Waals surface area contributed by atoms with Crippen molar-refractivity contribution in [3.63, 3.8) is 0 Å². The zero-order valence-electron chi connectivity index (χ0n) is 14.4. The minimum atomic E-state index is -0.493. The number of ether oxygens (including phenoxy) is 3. The fraction of sp³-hybridized carbons (Fsp3) is 0.250. The van der Waals surface area contributed by atoms with E-state index in [0.29, 0.717) is 35.3 Å². The molecule has 0 aromatic heterocycles. The summed E-state index contributed by atoms with van der Waals surface area (Å²) in [6, 6.07) is 11.1. The van der Waals surface area contributed by atoms with Gasteiger partial charge in [0.05, 0.1) is 17.2 Å². The van der Waals surface area contributed by atoms with Crippen molar-refractivity contribution < 1.29 is 19.0 Å². The van der Waals surface area contributed by atoms with Crippen molar-refractivity contribution in [2.24, 2.45) is 0 Å². The van der Waals surface area contributed by atoms with Crippen molar-refractivity contribution in [3.05, 3.63) is 70.8 Å². The summed E-state index contributed by atoms with van der Waals surface area (Å²) in [7, 11) is 0. The average molecular weight is 361 g/mol. The third-order valence-corrected chi connectivity index (χ3v) is 3.66. The van der Waals surface area contributed by atoms with E-state index in [-0.39, 0.29) is 6.61 Å². The largest absolute Gasteiger partial charge is 0.490 e. The van der Waals surface area contributed by atoms with Crippen molar-refractivity contribution in [1.82, 2.24) is 0 Å². The van der Waals surface area contributed by atoms with Gasteiger partial charge in [0.1, 0.15) is 13.2 Å². The van der Waals surface area contributed by atoms with E-state index in [2.05, 4.69) is 6.58 Å². The molecule has 5 heteroatoms. The SMILES string of the molecule is C=CCOC(=O)c1cc(Cl)c(OCc2ccc(C)cc2)c(OCC)c1. The average Bonchev–Trinajstić information content (AvgIpc) is 2.60. The zero-order chi connectivity index (χ0) is 18.2. The van der Waals surface area contributed by atoms with Crippen LogP contribution in [0.5, 0.6) is 11.5 Å². The quantitative estimate of drug-likeness (QED) is 0.492. The molecule has 0 atom stereocenters. The van der Waals surface area contributed by atoms with Crippen molar-refractivity contribution in [1.29, 1.82) is 0 Å². The Morgan fingerprint density at radius 1 is 1.20 bits per heavy atom. The van der Waals surface area contributed by atoms with Crippen LogP contribution >= 0.6 is 11.6 Å². The first-order valence-corrected chi connectivity index (χ1v) is 8.35. The second-order valence-electron chi connectivity index (χ2n) is 5.38. The lowest BCUT2D eigenvalue weighted by Crippen LogP contribution is -2.07. The minimum absolute atomic E-state index is 0.131. The molecule has 2 aromatic rings. The number of carbonyl (C=O) groups is 1. The predicted molar refractivity (Wildman–Crippen MR) is 98.6 cm³/mol. The first kappa shape index (κ1) is 18.9. The molecule has 0 fully saturated rings. The maximum absolute atomic E-state index is 12.0. The molecule has 0 spiro atoms. The van der Waals surface area contributed by atoms with Gasteiger partial charge in [-0.05, 0) is 31.5 Å². The van der Waals surface area contributed by atoms with Crippen LogP contribution in [0.25, 0.3) is 0 Å². The number of carbonyl (C=O) groups excluding carboxylic acids is 1. The molecule has 132 valence electrons. The van der Waals surface area contributed by atoms with Crippen molar-refractivity contribution in [3.8, 4) is 11.5 Å². The van der Waals surface area contributed by atoms with Gasteiger partial charge in [0.15, 0.2) is 11.5 Å². The molecule has 2 rings (SSSR count). The summed E-state index contributed by atoms with van der Waals surface area (Å²) in [6.07, 6.45) is 1.50. The third kappa shape index (κ3) is 5.26. The van der Waals surface area contributed by atoms with Gasteiger partial charge in [0, 0.05) is 0 Å². The molecule has 0 unspecified atom stereocenters. The molecule has 0 amide bonds. The van der Waals surface area contributed by atoms with Crippen LogP contribution in [0.1, 0.15) is 28.4 Å². The summed E-state index contributed by atoms with van der Waals surface area (Å²) < 4.78 is 16.5. The molecule has 0 saturated heterocycles. The summed E-state index contributed by atoms with van der Waals surface area (Å²) in [5.74, 6) is 0.324. The lowest BCUT2D eigenvalue weighted by atomic mass is 10.1. The number of hydrogen-bond acceptors (Lipinski definition) is 4. The van der Waals surface area contributed by atoms with Crippen molar-refractivity contribution in [2.45, 2.75) is 20.5 Å². The molecule has 0 heterocycles. The molecular weight excluding hydrogens is 340 g/mol. The first-order chi connectivity index (χ1) is 12.0. The smallest absolute Gasteiger partial charge is 0.338 e. The number of halogens is 1. The Morgan fingerprint density at radius 3 is 2.56 bits per heavy atom. The number of aryl methyl sites for hydroxylation is 1. The maximum atomic E-state index is 12.0. The molecule has 0 aliphatic carbocycles. The highest BCUT2D eigenvalue weighted by Crippen LogP contribution is 2.37. The molecule has 0 aliphatic heterocycles. The van der Waals surface area contributed by atoms with Crippen molar-refractivity contribution in [2.75, 3.05) is 13.2 Å². The van der Waals surface area contributed by atoms with Gasteiger partial charge >= 0.3 is 5.97 Å². The fourth-order valence-electron chi connectivity index (χ4n) is 2.15. The van der Waals surface area contributed by atoms with Gasteiger partial charge in [-0.25, -0.2) is 4.79 Å². The van der Waals surface area contributed by atoms with Crippen LogP contribution in [-0.2, 0) is 11.3 Å². The monoisotopic (exact) mass is 360 g/mol. The van der Waals surface area contributed by atoms with E-state index in [0.717, 1.165) is 5.56 Å². The fourth-order valence-corrected chi connectivity index (χ4v) is 2.41. The zero-order valence-corrected chi connectivity index (χ0v) is 15.1. The second kappa shape index (κ2) is 9.14. The lowest BCUT2D eigenvalue weighted by molar-refractivity contribution is 0.0549. The van der Waals surface area contributed by atoms with Crippen LogP contribution in [0.3, 0.4) is 0 Å². The minimum Gasteiger partial charge on any atom is -0.490 e. The number of esters is 1. The van der Waals surface area contributed by atoms with Gasteiger partial charge in [0.2, 0.25) is 0 Å². The highest BCUT2D eigenvalue weighted by molar-refractivity contribution is 6.32. The number of hydrogen-bond donors (Lipinski definition) is 0. The molecule has 4 nitrogen and oxygen atoms in total. The topological polar surface area (TPSA) is 44.8 Å². The molecule has 0 saturated carbocycles.